The van der Waals surface area contributed by atoms with Crippen LogP contribution in [0.1, 0.15) is 38.7 Å². The van der Waals surface area contributed by atoms with E-state index in [1.54, 1.807) is 0 Å². The summed E-state index contributed by atoms with van der Waals surface area (Å²) in [4.78, 5) is 0. The Kier molecular flexibility index (Phi) is 6.71. The first-order valence-corrected chi connectivity index (χ1v) is 6.65. The zero-order valence-electron chi connectivity index (χ0n) is 11.3. The highest BCUT2D eigenvalue weighted by Crippen LogP contribution is 2.11. The molecule has 0 saturated heterocycles. The molecule has 2 heteroatoms. The molecule has 0 aliphatic rings. The van der Waals surface area contributed by atoms with Gasteiger partial charge >= 0.3 is 0 Å². The number of unbranched alkanes of at least 4 members (excludes halogenated alkanes) is 1. The molecule has 17 heavy (non-hydrogen) atoms. The van der Waals surface area contributed by atoms with Crippen LogP contribution in [-0.2, 0) is 0 Å². The molecule has 2 nitrogen and oxygen atoms in total. The quantitative estimate of drug-likeness (QED) is 0.696. The SMILES string of the molecule is CC[C@@H](C)NCCCCOc1ccc(C)cc1. The van der Waals surface area contributed by atoms with Crippen molar-refractivity contribution >= 4 is 0 Å². The van der Waals surface area contributed by atoms with E-state index in [1.165, 1.54) is 18.4 Å². The maximum atomic E-state index is 5.67. The molecule has 0 radical (unpaired) electrons. The van der Waals surface area contributed by atoms with Gasteiger partial charge in [0.2, 0.25) is 0 Å². The summed E-state index contributed by atoms with van der Waals surface area (Å²) in [5.41, 5.74) is 1.27. The molecule has 1 aromatic carbocycles. The Morgan fingerprint density at radius 3 is 2.53 bits per heavy atom. The molecule has 0 unspecified atom stereocenters. The number of ether oxygens (including phenoxy) is 1. The van der Waals surface area contributed by atoms with Crippen LogP contribution in [0.15, 0.2) is 24.3 Å². The molecular formula is C15H25NO. The van der Waals surface area contributed by atoms with Crippen molar-refractivity contribution in [2.75, 3.05) is 13.2 Å². The fraction of sp³-hybridized carbons (Fsp3) is 0.600. The molecule has 0 amide bonds. The first-order chi connectivity index (χ1) is 8.22. The molecule has 96 valence electrons. The first-order valence-electron chi connectivity index (χ1n) is 6.65. The minimum absolute atomic E-state index is 0.632. The van der Waals surface area contributed by atoms with Crippen molar-refractivity contribution in [1.82, 2.24) is 5.32 Å². The number of rotatable bonds is 8. The molecule has 0 aromatic heterocycles. The van der Waals surface area contributed by atoms with E-state index >= 15 is 0 Å². The van der Waals surface area contributed by atoms with E-state index in [-0.39, 0.29) is 0 Å². The predicted octanol–water partition coefficient (Wildman–Crippen LogP) is 3.54. The summed E-state index contributed by atoms with van der Waals surface area (Å²) in [5, 5.41) is 3.48. The minimum Gasteiger partial charge on any atom is -0.494 e. The highest BCUT2D eigenvalue weighted by Gasteiger charge is 1.97. The largest absolute Gasteiger partial charge is 0.494 e. The van der Waals surface area contributed by atoms with Gasteiger partial charge in [0.25, 0.3) is 0 Å². The fourth-order valence-electron chi connectivity index (χ4n) is 1.54. The topological polar surface area (TPSA) is 21.3 Å². The van der Waals surface area contributed by atoms with Crippen molar-refractivity contribution in [3.8, 4) is 5.75 Å². The minimum atomic E-state index is 0.632. The van der Waals surface area contributed by atoms with E-state index in [0.29, 0.717) is 6.04 Å². The lowest BCUT2D eigenvalue weighted by Crippen LogP contribution is -2.26. The van der Waals surface area contributed by atoms with Gasteiger partial charge in [-0.25, -0.2) is 0 Å². The molecule has 0 saturated carbocycles. The monoisotopic (exact) mass is 235 g/mol. The maximum Gasteiger partial charge on any atom is 0.119 e. The van der Waals surface area contributed by atoms with Crippen LogP contribution in [0.25, 0.3) is 0 Å². The third-order valence-electron chi connectivity index (χ3n) is 2.97. The van der Waals surface area contributed by atoms with Crippen LogP contribution in [0.4, 0.5) is 0 Å². The van der Waals surface area contributed by atoms with Gasteiger partial charge in [-0.15, -0.1) is 0 Å². The normalized spacial score (nSPS) is 12.4. The number of aryl methyl sites for hydroxylation is 1. The molecule has 0 aliphatic heterocycles. The van der Waals surface area contributed by atoms with Gasteiger partial charge in [-0.3, -0.25) is 0 Å². The Bertz CT molecular complexity index is 294. The van der Waals surface area contributed by atoms with Gasteiger partial charge in [0.15, 0.2) is 0 Å². The zero-order valence-corrected chi connectivity index (χ0v) is 11.3. The standard InChI is InChI=1S/C15H25NO/c1-4-14(3)16-11-5-6-12-17-15-9-7-13(2)8-10-15/h7-10,14,16H,4-6,11-12H2,1-3H3/t14-/m1/s1. The van der Waals surface area contributed by atoms with Crippen molar-refractivity contribution < 1.29 is 4.74 Å². The fourth-order valence-corrected chi connectivity index (χ4v) is 1.54. The van der Waals surface area contributed by atoms with E-state index in [0.717, 1.165) is 25.3 Å². The van der Waals surface area contributed by atoms with Crippen LogP contribution in [0.5, 0.6) is 5.75 Å². The summed E-state index contributed by atoms with van der Waals surface area (Å²) in [6.07, 6.45) is 3.48. The third kappa shape index (κ3) is 6.32. The molecule has 1 rings (SSSR count). The molecule has 0 bridgehead atoms. The van der Waals surface area contributed by atoms with E-state index in [4.69, 9.17) is 4.74 Å². The second kappa shape index (κ2) is 8.13. The number of benzene rings is 1. The van der Waals surface area contributed by atoms with Gasteiger partial charge in [0, 0.05) is 6.04 Å². The summed E-state index contributed by atoms with van der Waals surface area (Å²) in [7, 11) is 0. The molecule has 1 N–H and O–H groups in total. The van der Waals surface area contributed by atoms with Gasteiger partial charge < -0.3 is 10.1 Å². The average Bonchev–Trinajstić information content (AvgIpc) is 2.35. The van der Waals surface area contributed by atoms with E-state index in [1.807, 2.05) is 12.1 Å². The Balaban J connectivity index is 2.02. The second-order valence-electron chi connectivity index (χ2n) is 4.63. The summed E-state index contributed by atoms with van der Waals surface area (Å²) in [6, 6.07) is 8.87. The van der Waals surface area contributed by atoms with Crippen molar-refractivity contribution in [3.05, 3.63) is 29.8 Å². The van der Waals surface area contributed by atoms with Crippen LogP contribution < -0.4 is 10.1 Å². The lowest BCUT2D eigenvalue weighted by molar-refractivity contribution is 0.304. The average molecular weight is 235 g/mol. The summed E-state index contributed by atoms with van der Waals surface area (Å²) >= 11 is 0. The van der Waals surface area contributed by atoms with Crippen molar-refractivity contribution in [3.63, 3.8) is 0 Å². The van der Waals surface area contributed by atoms with Gasteiger partial charge in [-0.2, -0.15) is 0 Å². The van der Waals surface area contributed by atoms with E-state index in [2.05, 4.69) is 38.2 Å². The van der Waals surface area contributed by atoms with Crippen molar-refractivity contribution in [1.29, 1.82) is 0 Å². The van der Waals surface area contributed by atoms with Crippen LogP contribution in [0, 0.1) is 6.92 Å². The van der Waals surface area contributed by atoms with Gasteiger partial charge in [0.05, 0.1) is 6.61 Å². The number of hydrogen-bond donors (Lipinski definition) is 1. The lowest BCUT2D eigenvalue weighted by atomic mass is 10.2. The van der Waals surface area contributed by atoms with Crippen molar-refractivity contribution in [2.24, 2.45) is 0 Å². The molecule has 0 spiro atoms. The lowest BCUT2D eigenvalue weighted by Gasteiger charge is -2.11. The van der Waals surface area contributed by atoms with Gasteiger partial charge in [-0.05, 0) is 51.8 Å². The Labute approximate surface area is 105 Å². The molecule has 0 aliphatic carbocycles. The van der Waals surface area contributed by atoms with E-state index < -0.39 is 0 Å². The summed E-state index contributed by atoms with van der Waals surface area (Å²) in [6.45, 7) is 8.42. The Morgan fingerprint density at radius 1 is 1.18 bits per heavy atom. The number of nitrogens with one attached hydrogen (secondary N) is 1. The highest BCUT2D eigenvalue weighted by atomic mass is 16.5. The van der Waals surface area contributed by atoms with Crippen LogP contribution in [-0.4, -0.2) is 19.2 Å². The third-order valence-corrected chi connectivity index (χ3v) is 2.97. The summed E-state index contributed by atoms with van der Waals surface area (Å²) < 4.78 is 5.67. The van der Waals surface area contributed by atoms with Crippen LogP contribution >= 0.6 is 0 Å². The molecule has 0 fully saturated rings. The zero-order chi connectivity index (χ0) is 12.5. The predicted molar refractivity (Wildman–Crippen MR) is 73.7 cm³/mol. The van der Waals surface area contributed by atoms with Crippen molar-refractivity contribution in [2.45, 2.75) is 46.1 Å². The first kappa shape index (κ1) is 14.0. The Hall–Kier alpha value is -1.02. The summed E-state index contributed by atoms with van der Waals surface area (Å²) in [5.74, 6) is 0.977. The van der Waals surface area contributed by atoms with Crippen LogP contribution in [0.3, 0.4) is 0 Å². The molecule has 1 atom stereocenters. The molecular weight excluding hydrogens is 210 g/mol. The second-order valence-corrected chi connectivity index (χ2v) is 4.63. The molecule has 0 heterocycles. The van der Waals surface area contributed by atoms with Gasteiger partial charge in [0.1, 0.15) is 5.75 Å². The van der Waals surface area contributed by atoms with Crippen LogP contribution in [0.2, 0.25) is 0 Å². The maximum absolute atomic E-state index is 5.67. The van der Waals surface area contributed by atoms with Gasteiger partial charge in [-0.1, -0.05) is 24.6 Å². The molecule has 1 aromatic rings. The highest BCUT2D eigenvalue weighted by molar-refractivity contribution is 5.26. The Morgan fingerprint density at radius 2 is 1.88 bits per heavy atom. The smallest absolute Gasteiger partial charge is 0.119 e. The number of hydrogen-bond acceptors (Lipinski definition) is 2. The van der Waals surface area contributed by atoms with E-state index in [9.17, 15) is 0 Å².